The van der Waals surface area contributed by atoms with Gasteiger partial charge in [0.05, 0.1) is 13.5 Å². The summed E-state index contributed by atoms with van der Waals surface area (Å²) in [4.78, 5) is 23.1. The zero-order chi connectivity index (χ0) is 19.4. The fourth-order valence-electron chi connectivity index (χ4n) is 2.93. The van der Waals surface area contributed by atoms with E-state index in [-0.39, 0.29) is 18.1 Å². The van der Waals surface area contributed by atoms with E-state index in [2.05, 4.69) is 9.97 Å². The molecule has 1 aliphatic rings. The molecule has 1 aliphatic heterocycles. The lowest BCUT2D eigenvalue weighted by Crippen LogP contribution is -2.49. The predicted octanol–water partition coefficient (Wildman–Crippen LogP) is 2.40. The van der Waals surface area contributed by atoms with Crippen molar-refractivity contribution in [1.82, 2.24) is 14.9 Å². The van der Waals surface area contributed by atoms with Gasteiger partial charge in [0.1, 0.15) is 23.6 Å². The standard InChI is InChI=1S/C18H19F3N4O2/c1-27-14-4-2-3-13(9-14)10-17(26)25-7-5-24(6-8-25)16-11-15(18(19,20)21)22-12-23-16/h2-4,9,11-12H,5-8,10H2,1H3. The van der Waals surface area contributed by atoms with Crippen molar-refractivity contribution in [3.05, 3.63) is 47.9 Å². The Morgan fingerprint density at radius 2 is 1.89 bits per heavy atom. The van der Waals surface area contributed by atoms with E-state index in [9.17, 15) is 18.0 Å². The molecular formula is C18H19F3N4O2. The van der Waals surface area contributed by atoms with Crippen LogP contribution in [0.5, 0.6) is 5.75 Å². The summed E-state index contributed by atoms with van der Waals surface area (Å²) in [5, 5.41) is 0. The highest BCUT2D eigenvalue weighted by molar-refractivity contribution is 5.79. The zero-order valence-electron chi connectivity index (χ0n) is 14.7. The number of rotatable bonds is 4. The highest BCUT2D eigenvalue weighted by atomic mass is 19.4. The van der Waals surface area contributed by atoms with E-state index in [1.807, 2.05) is 24.3 Å². The second kappa shape index (κ2) is 7.81. The minimum absolute atomic E-state index is 0.0263. The van der Waals surface area contributed by atoms with Crippen LogP contribution in [0.25, 0.3) is 0 Å². The average Bonchev–Trinajstić information content (AvgIpc) is 2.67. The number of hydrogen-bond acceptors (Lipinski definition) is 5. The molecular weight excluding hydrogens is 361 g/mol. The molecule has 0 atom stereocenters. The Labute approximate surface area is 154 Å². The number of ether oxygens (including phenoxy) is 1. The summed E-state index contributed by atoms with van der Waals surface area (Å²) < 4.78 is 43.5. The first-order valence-corrected chi connectivity index (χ1v) is 8.42. The quantitative estimate of drug-likeness (QED) is 0.815. The van der Waals surface area contributed by atoms with Gasteiger partial charge in [-0.05, 0) is 17.7 Å². The summed E-state index contributed by atoms with van der Waals surface area (Å²) in [7, 11) is 1.57. The van der Waals surface area contributed by atoms with Crippen LogP contribution >= 0.6 is 0 Å². The van der Waals surface area contributed by atoms with Gasteiger partial charge in [-0.15, -0.1) is 0 Å². The molecule has 0 aliphatic carbocycles. The predicted molar refractivity (Wildman–Crippen MR) is 92.5 cm³/mol. The number of carbonyl (C=O) groups excluding carboxylic acids is 1. The maximum absolute atomic E-state index is 12.8. The Morgan fingerprint density at radius 1 is 1.15 bits per heavy atom. The van der Waals surface area contributed by atoms with Crippen molar-refractivity contribution in [3.63, 3.8) is 0 Å². The van der Waals surface area contributed by atoms with Crippen molar-refractivity contribution in [3.8, 4) is 5.75 Å². The first kappa shape index (κ1) is 18.9. The third-order valence-electron chi connectivity index (χ3n) is 4.39. The van der Waals surface area contributed by atoms with Crippen molar-refractivity contribution < 1.29 is 22.7 Å². The van der Waals surface area contributed by atoms with E-state index in [1.165, 1.54) is 0 Å². The third-order valence-corrected chi connectivity index (χ3v) is 4.39. The number of carbonyl (C=O) groups is 1. The van der Waals surface area contributed by atoms with Crippen LogP contribution in [0.4, 0.5) is 19.0 Å². The van der Waals surface area contributed by atoms with Crippen LogP contribution in [0, 0.1) is 0 Å². The van der Waals surface area contributed by atoms with Crippen LogP contribution in [0.3, 0.4) is 0 Å². The van der Waals surface area contributed by atoms with Gasteiger partial charge < -0.3 is 14.5 Å². The number of piperazine rings is 1. The molecule has 0 unspecified atom stereocenters. The highest BCUT2D eigenvalue weighted by Crippen LogP contribution is 2.29. The fourth-order valence-corrected chi connectivity index (χ4v) is 2.93. The molecule has 1 saturated heterocycles. The number of aromatic nitrogens is 2. The Morgan fingerprint density at radius 3 is 2.56 bits per heavy atom. The second-order valence-electron chi connectivity index (χ2n) is 6.16. The first-order chi connectivity index (χ1) is 12.9. The molecule has 0 spiro atoms. The van der Waals surface area contributed by atoms with Crippen molar-refractivity contribution in [1.29, 1.82) is 0 Å². The van der Waals surface area contributed by atoms with Gasteiger partial charge in [-0.3, -0.25) is 4.79 Å². The molecule has 9 heteroatoms. The lowest BCUT2D eigenvalue weighted by atomic mass is 10.1. The summed E-state index contributed by atoms with van der Waals surface area (Å²) >= 11 is 0. The van der Waals surface area contributed by atoms with Gasteiger partial charge in [0.2, 0.25) is 5.91 Å². The van der Waals surface area contributed by atoms with Crippen LogP contribution in [0.2, 0.25) is 0 Å². The number of hydrogen-bond donors (Lipinski definition) is 0. The Bertz CT molecular complexity index is 805. The largest absolute Gasteiger partial charge is 0.497 e. The normalized spacial score (nSPS) is 15.0. The van der Waals surface area contributed by atoms with Crippen LogP contribution in [0.1, 0.15) is 11.3 Å². The average molecular weight is 380 g/mol. The Hall–Kier alpha value is -2.84. The summed E-state index contributed by atoms with van der Waals surface area (Å²) in [6.45, 7) is 1.68. The van der Waals surface area contributed by atoms with Crippen molar-refractivity contribution in [2.45, 2.75) is 12.6 Å². The maximum Gasteiger partial charge on any atom is 0.433 e. The molecule has 27 heavy (non-hydrogen) atoms. The Kier molecular flexibility index (Phi) is 5.48. The Balaban J connectivity index is 1.59. The van der Waals surface area contributed by atoms with Crippen molar-refractivity contribution in [2.24, 2.45) is 0 Å². The number of anilines is 1. The van der Waals surface area contributed by atoms with Gasteiger partial charge in [0.15, 0.2) is 0 Å². The second-order valence-corrected chi connectivity index (χ2v) is 6.16. The molecule has 1 aromatic heterocycles. The van der Waals surface area contributed by atoms with E-state index >= 15 is 0 Å². The first-order valence-electron chi connectivity index (χ1n) is 8.42. The van der Waals surface area contributed by atoms with Gasteiger partial charge in [0.25, 0.3) is 0 Å². The SMILES string of the molecule is COc1cccc(CC(=O)N2CCN(c3cc(C(F)(F)F)ncn3)CC2)c1. The number of nitrogens with zero attached hydrogens (tertiary/aromatic N) is 4. The van der Waals surface area contributed by atoms with Crippen LogP contribution in [-0.2, 0) is 17.4 Å². The molecule has 0 N–H and O–H groups in total. The molecule has 2 aromatic rings. The summed E-state index contributed by atoms with van der Waals surface area (Å²) in [5.74, 6) is 0.883. The smallest absolute Gasteiger partial charge is 0.433 e. The zero-order valence-corrected chi connectivity index (χ0v) is 14.7. The summed E-state index contributed by atoms with van der Waals surface area (Å²) in [6, 6.07) is 8.24. The number of methoxy groups -OCH3 is 1. The fraction of sp³-hybridized carbons (Fsp3) is 0.389. The van der Waals surface area contributed by atoms with E-state index in [0.29, 0.717) is 31.9 Å². The van der Waals surface area contributed by atoms with Gasteiger partial charge in [-0.25, -0.2) is 9.97 Å². The molecule has 6 nitrogen and oxygen atoms in total. The maximum atomic E-state index is 12.8. The van der Waals surface area contributed by atoms with Gasteiger partial charge in [0, 0.05) is 32.2 Å². The van der Waals surface area contributed by atoms with Crippen LogP contribution in [-0.4, -0.2) is 54.1 Å². The minimum atomic E-state index is -4.51. The van der Waals surface area contributed by atoms with E-state index in [4.69, 9.17) is 4.74 Å². The molecule has 144 valence electrons. The molecule has 0 saturated carbocycles. The van der Waals surface area contributed by atoms with Gasteiger partial charge in [-0.1, -0.05) is 12.1 Å². The van der Waals surface area contributed by atoms with Gasteiger partial charge in [-0.2, -0.15) is 13.2 Å². The molecule has 2 heterocycles. The van der Waals surface area contributed by atoms with Crippen molar-refractivity contribution >= 4 is 11.7 Å². The van der Waals surface area contributed by atoms with Gasteiger partial charge >= 0.3 is 6.18 Å². The minimum Gasteiger partial charge on any atom is -0.497 e. The van der Waals surface area contributed by atoms with E-state index in [1.54, 1.807) is 16.9 Å². The number of alkyl halides is 3. The van der Waals surface area contributed by atoms with E-state index in [0.717, 1.165) is 18.0 Å². The van der Waals surface area contributed by atoms with Crippen molar-refractivity contribution in [2.75, 3.05) is 38.2 Å². The lowest BCUT2D eigenvalue weighted by Gasteiger charge is -2.35. The lowest BCUT2D eigenvalue weighted by molar-refractivity contribution is -0.141. The number of amides is 1. The third kappa shape index (κ3) is 4.66. The monoisotopic (exact) mass is 380 g/mol. The molecule has 0 radical (unpaired) electrons. The molecule has 3 rings (SSSR count). The molecule has 1 aromatic carbocycles. The molecule has 1 amide bonds. The summed E-state index contributed by atoms with van der Waals surface area (Å²) in [5.41, 5.74) is -0.114. The number of benzene rings is 1. The van der Waals surface area contributed by atoms with Crippen LogP contribution in [0.15, 0.2) is 36.7 Å². The van der Waals surface area contributed by atoms with Crippen LogP contribution < -0.4 is 9.64 Å². The molecule has 0 bridgehead atoms. The summed E-state index contributed by atoms with van der Waals surface area (Å²) in [6.07, 6.45) is -3.34. The topological polar surface area (TPSA) is 58.6 Å². The van der Waals surface area contributed by atoms with E-state index < -0.39 is 11.9 Å². The highest BCUT2D eigenvalue weighted by Gasteiger charge is 2.33. The number of halogens is 3. The molecule has 1 fully saturated rings.